The average molecular weight is 403 g/mol. The fraction of sp³-hybridized carbons (Fsp3) is 0.400. The quantitative estimate of drug-likeness (QED) is 0.775. The molecule has 0 bridgehead atoms. The molecule has 1 fully saturated rings. The summed E-state index contributed by atoms with van der Waals surface area (Å²) >= 11 is 0. The van der Waals surface area contributed by atoms with Crippen LogP contribution in [0.3, 0.4) is 0 Å². The number of sulfone groups is 1. The Labute approximate surface area is 166 Å². The third kappa shape index (κ3) is 5.22. The molecule has 1 aromatic carbocycles. The number of carbonyl (C=O) groups excluding carboxylic acids is 1. The first-order chi connectivity index (χ1) is 13.3. The van der Waals surface area contributed by atoms with Crippen molar-refractivity contribution >= 4 is 21.7 Å². The number of rotatable bonds is 6. The molecule has 8 heteroatoms. The van der Waals surface area contributed by atoms with E-state index < -0.39 is 9.84 Å². The summed E-state index contributed by atoms with van der Waals surface area (Å²) in [7, 11) is -3.23. The van der Waals surface area contributed by atoms with Crippen LogP contribution in [-0.4, -0.2) is 38.8 Å². The van der Waals surface area contributed by atoms with Gasteiger partial charge in [-0.1, -0.05) is 12.1 Å². The van der Waals surface area contributed by atoms with Gasteiger partial charge in [0.05, 0.1) is 10.9 Å². The molecule has 1 aromatic heterocycles. The minimum Gasteiger partial charge on any atom is -0.357 e. The Morgan fingerprint density at radius 1 is 1.18 bits per heavy atom. The third-order valence-electron chi connectivity index (χ3n) is 4.85. The highest BCUT2D eigenvalue weighted by atomic mass is 32.2. The van der Waals surface area contributed by atoms with E-state index in [0.29, 0.717) is 6.54 Å². The molecule has 2 heterocycles. The first-order valence-electron chi connectivity index (χ1n) is 9.37. The summed E-state index contributed by atoms with van der Waals surface area (Å²) in [4.78, 5) is 19.2. The number of pyridine rings is 1. The number of nitrogens with one attached hydrogen (secondary N) is 2. The number of urea groups is 1. The summed E-state index contributed by atoms with van der Waals surface area (Å²) in [6.07, 6.45) is 5.32. The minimum absolute atomic E-state index is 0.244. The van der Waals surface area contributed by atoms with Crippen LogP contribution in [0.15, 0.2) is 47.5 Å². The fourth-order valence-electron chi connectivity index (χ4n) is 3.21. The van der Waals surface area contributed by atoms with Gasteiger partial charge < -0.3 is 15.5 Å². The molecule has 0 radical (unpaired) electrons. The molecular formula is C20H26N4O3S. The van der Waals surface area contributed by atoms with Gasteiger partial charge in [0.25, 0.3) is 0 Å². The summed E-state index contributed by atoms with van der Waals surface area (Å²) in [5.74, 6) is 0.955. The molecular weight excluding hydrogens is 376 g/mol. The number of nitrogens with zero attached hydrogens (tertiary/aromatic N) is 2. The zero-order chi connectivity index (χ0) is 20.1. The first kappa shape index (κ1) is 20.1. The standard InChI is InChI=1S/C20H26N4O3S/c1-15(17-5-7-18(8-6-17)28(2,26)27)23-20(25)22-14-16-9-10-21-19(13-16)24-11-3-4-12-24/h5-10,13,15H,3-4,11-12,14H2,1-2H3,(H2,22,23,25)/t15-/m0/s1. The summed E-state index contributed by atoms with van der Waals surface area (Å²) in [6, 6.07) is 9.92. The molecule has 0 spiro atoms. The summed E-state index contributed by atoms with van der Waals surface area (Å²) in [5, 5.41) is 5.73. The Morgan fingerprint density at radius 3 is 2.50 bits per heavy atom. The smallest absolute Gasteiger partial charge is 0.315 e. The number of benzene rings is 1. The second-order valence-electron chi connectivity index (χ2n) is 7.11. The van der Waals surface area contributed by atoms with Crippen LogP contribution in [0.4, 0.5) is 10.6 Å². The summed E-state index contributed by atoms with van der Waals surface area (Å²) in [5.41, 5.74) is 1.83. The van der Waals surface area contributed by atoms with Crippen molar-refractivity contribution in [1.29, 1.82) is 0 Å². The molecule has 7 nitrogen and oxygen atoms in total. The van der Waals surface area contributed by atoms with Gasteiger partial charge in [0, 0.05) is 32.1 Å². The van der Waals surface area contributed by atoms with Crippen molar-refractivity contribution < 1.29 is 13.2 Å². The molecule has 2 aromatic rings. The van der Waals surface area contributed by atoms with Gasteiger partial charge in [0.1, 0.15) is 5.82 Å². The Hall–Kier alpha value is -2.61. The number of hydrogen-bond acceptors (Lipinski definition) is 5. The molecule has 3 rings (SSSR count). The number of carbonyl (C=O) groups is 1. The summed E-state index contributed by atoms with van der Waals surface area (Å²) < 4.78 is 23.1. The average Bonchev–Trinajstić information content (AvgIpc) is 3.21. The molecule has 28 heavy (non-hydrogen) atoms. The lowest BCUT2D eigenvalue weighted by Gasteiger charge is -2.18. The van der Waals surface area contributed by atoms with Gasteiger partial charge in [-0.15, -0.1) is 0 Å². The maximum Gasteiger partial charge on any atom is 0.315 e. The van der Waals surface area contributed by atoms with Gasteiger partial charge in [-0.2, -0.15) is 0 Å². The second-order valence-corrected chi connectivity index (χ2v) is 9.12. The molecule has 0 saturated carbocycles. The van der Waals surface area contributed by atoms with E-state index in [9.17, 15) is 13.2 Å². The number of amides is 2. The molecule has 150 valence electrons. The normalized spacial score (nSPS) is 15.3. The Balaban J connectivity index is 1.53. The van der Waals surface area contributed by atoms with E-state index >= 15 is 0 Å². The van der Waals surface area contributed by atoms with Crippen molar-refractivity contribution in [3.05, 3.63) is 53.7 Å². The van der Waals surface area contributed by atoms with Crippen molar-refractivity contribution in [2.24, 2.45) is 0 Å². The van der Waals surface area contributed by atoms with Gasteiger partial charge in [0.15, 0.2) is 9.84 Å². The van der Waals surface area contributed by atoms with Crippen LogP contribution in [0, 0.1) is 0 Å². The SMILES string of the molecule is C[C@H](NC(=O)NCc1ccnc(N2CCCC2)c1)c1ccc(S(C)(=O)=O)cc1. The predicted molar refractivity (Wildman–Crippen MR) is 109 cm³/mol. The van der Waals surface area contributed by atoms with E-state index in [0.717, 1.165) is 30.0 Å². The molecule has 2 N–H and O–H groups in total. The largest absolute Gasteiger partial charge is 0.357 e. The van der Waals surface area contributed by atoms with E-state index in [-0.39, 0.29) is 17.0 Å². The van der Waals surface area contributed by atoms with Crippen LogP contribution < -0.4 is 15.5 Å². The monoisotopic (exact) mass is 402 g/mol. The van der Waals surface area contributed by atoms with Gasteiger partial charge in [0.2, 0.25) is 0 Å². The molecule has 2 amide bonds. The van der Waals surface area contributed by atoms with E-state index in [1.165, 1.54) is 19.1 Å². The number of hydrogen-bond donors (Lipinski definition) is 2. The molecule has 1 atom stereocenters. The second kappa shape index (κ2) is 8.60. The van der Waals surface area contributed by atoms with Gasteiger partial charge >= 0.3 is 6.03 Å². The highest BCUT2D eigenvalue weighted by Gasteiger charge is 2.14. The number of aromatic nitrogens is 1. The van der Waals surface area contributed by atoms with Crippen molar-refractivity contribution in [2.45, 2.75) is 37.2 Å². The van der Waals surface area contributed by atoms with Crippen LogP contribution in [0.2, 0.25) is 0 Å². The van der Waals surface area contributed by atoms with Crippen LogP contribution >= 0.6 is 0 Å². The van der Waals surface area contributed by atoms with Crippen LogP contribution in [0.25, 0.3) is 0 Å². The van der Waals surface area contributed by atoms with E-state index in [1.807, 2.05) is 19.1 Å². The Kier molecular flexibility index (Phi) is 6.18. The first-order valence-corrected chi connectivity index (χ1v) is 11.3. The fourth-order valence-corrected chi connectivity index (χ4v) is 3.84. The maximum absolute atomic E-state index is 12.2. The van der Waals surface area contributed by atoms with Crippen molar-refractivity contribution in [3.8, 4) is 0 Å². The lowest BCUT2D eigenvalue weighted by Crippen LogP contribution is -2.36. The molecule has 0 aliphatic carbocycles. The van der Waals surface area contributed by atoms with Crippen molar-refractivity contribution in [3.63, 3.8) is 0 Å². The zero-order valence-corrected chi connectivity index (χ0v) is 17.0. The molecule has 1 aliphatic heterocycles. The van der Waals surface area contributed by atoms with Gasteiger partial charge in [-0.3, -0.25) is 0 Å². The van der Waals surface area contributed by atoms with E-state index in [2.05, 4.69) is 20.5 Å². The van der Waals surface area contributed by atoms with Crippen molar-refractivity contribution in [1.82, 2.24) is 15.6 Å². The third-order valence-corrected chi connectivity index (χ3v) is 5.98. The van der Waals surface area contributed by atoms with Crippen LogP contribution in [0.1, 0.15) is 36.9 Å². The highest BCUT2D eigenvalue weighted by Crippen LogP contribution is 2.19. The van der Waals surface area contributed by atoms with Crippen molar-refractivity contribution in [2.75, 3.05) is 24.2 Å². The summed E-state index contributed by atoms with van der Waals surface area (Å²) in [6.45, 7) is 4.32. The molecule has 1 aliphatic rings. The number of anilines is 1. The van der Waals surface area contributed by atoms with E-state index in [1.54, 1.807) is 30.5 Å². The van der Waals surface area contributed by atoms with Gasteiger partial charge in [-0.05, 0) is 55.2 Å². The topological polar surface area (TPSA) is 91.4 Å². The van der Waals surface area contributed by atoms with E-state index in [4.69, 9.17) is 0 Å². The zero-order valence-electron chi connectivity index (χ0n) is 16.2. The maximum atomic E-state index is 12.2. The van der Waals surface area contributed by atoms with Crippen LogP contribution in [-0.2, 0) is 16.4 Å². The lowest BCUT2D eigenvalue weighted by atomic mass is 10.1. The minimum atomic E-state index is -3.23. The molecule has 1 saturated heterocycles. The molecule has 0 unspecified atom stereocenters. The van der Waals surface area contributed by atoms with Crippen LogP contribution in [0.5, 0.6) is 0 Å². The van der Waals surface area contributed by atoms with Gasteiger partial charge in [-0.25, -0.2) is 18.2 Å². The predicted octanol–water partition coefficient (Wildman–Crippen LogP) is 2.65. The Morgan fingerprint density at radius 2 is 1.86 bits per heavy atom. The Bertz CT molecular complexity index is 923. The highest BCUT2D eigenvalue weighted by molar-refractivity contribution is 7.90. The lowest BCUT2D eigenvalue weighted by molar-refractivity contribution is 0.237.